The molecule has 3 nitrogen and oxygen atoms in total. The maximum Gasteiger partial charge on any atom is 0.316 e. The van der Waals surface area contributed by atoms with Crippen LogP contribution in [0.5, 0.6) is 0 Å². The van der Waals surface area contributed by atoms with Gasteiger partial charge in [-0.3, -0.25) is 0 Å². The van der Waals surface area contributed by atoms with Gasteiger partial charge in [-0.05, 0) is 30.2 Å². The van der Waals surface area contributed by atoms with E-state index in [1.54, 1.807) is 12.1 Å². The Balaban J connectivity index is 2.98. The van der Waals surface area contributed by atoms with Crippen molar-refractivity contribution >= 4 is 17.8 Å². The van der Waals surface area contributed by atoms with Gasteiger partial charge in [0.1, 0.15) is 0 Å². The summed E-state index contributed by atoms with van der Waals surface area (Å²) in [7, 11) is 0. The highest BCUT2D eigenvalue weighted by Crippen LogP contribution is 2.16. The van der Waals surface area contributed by atoms with Crippen LogP contribution in [0.2, 0.25) is 0 Å². The monoisotopic (exact) mass is 176 g/mol. The summed E-state index contributed by atoms with van der Waals surface area (Å²) in [5, 5.41) is 2.53. The van der Waals surface area contributed by atoms with Crippen LogP contribution in [0.15, 0.2) is 24.8 Å². The molecule has 3 N–H and O–H groups in total. The fourth-order valence-corrected chi connectivity index (χ4v) is 1.09. The molecule has 1 rings (SSSR count). The van der Waals surface area contributed by atoms with Gasteiger partial charge in [-0.25, -0.2) is 4.79 Å². The Hall–Kier alpha value is -1.77. The molecule has 0 unspecified atom stereocenters. The molecule has 68 valence electrons. The van der Waals surface area contributed by atoms with Gasteiger partial charge in [-0.2, -0.15) is 0 Å². The van der Waals surface area contributed by atoms with Crippen LogP contribution in [0.3, 0.4) is 0 Å². The summed E-state index contributed by atoms with van der Waals surface area (Å²) in [5.74, 6) is 0. The second-order valence-corrected chi connectivity index (χ2v) is 2.77. The van der Waals surface area contributed by atoms with Crippen molar-refractivity contribution in [2.75, 3.05) is 5.32 Å². The summed E-state index contributed by atoms with van der Waals surface area (Å²) in [6, 6.07) is 5.05. The van der Waals surface area contributed by atoms with E-state index in [4.69, 9.17) is 5.73 Å². The third-order valence-electron chi connectivity index (χ3n) is 1.74. The van der Waals surface area contributed by atoms with Gasteiger partial charge < -0.3 is 11.1 Å². The summed E-state index contributed by atoms with van der Waals surface area (Å²) in [6.07, 6.45) is 1.75. The molecule has 1 aromatic rings. The summed E-state index contributed by atoms with van der Waals surface area (Å²) < 4.78 is 0. The van der Waals surface area contributed by atoms with Crippen LogP contribution in [0.1, 0.15) is 11.1 Å². The van der Waals surface area contributed by atoms with Gasteiger partial charge in [0.15, 0.2) is 0 Å². The summed E-state index contributed by atoms with van der Waals surface area (Å²) in [5.41, 5.74) is 7.72. The number of aryl methyl sites for hydroxylation is 1. The van der Waals surface area contributed by atoms with Gasteiger partial charge in [-0.15, -0.1) is 0 Å². The van der Waals surface area contributed by atoms with E-state index in [-0.39, 0.29) is 0 Å². The minimum absolute atomic E-state index is 0.547. The maximum absolute atomic E-state index is 10.6. The predicted molar refractivity (Wildman–Crippen MR) is 54.5 cm³/mol. The first kappa shape index (κ1) is 9.32. The molecule has 0 aliphatic rings. The van der Waals surface area contributed by atoms with Crippen LogP contribution in [0.25, 0.3) is 6.08 Å². The molecule has 0 saturated carbocycles. The fourth-order valence-electron chi connectivity index (χ4n) is 1.09. The third kappa shape index (κ3) is 2.33. The quantitative estimate of drug-likeness (QED) is 0.712. The molecule has 0 spiro atoms. The number of nitrogens with two attached hydrogens (primary N) is 1. The molecule has 1 aromatic carbocycles. The number of benzene rings is 1. The van der Waals surface area contributed by atoms with Crippen molar-refractivity contribution in [2.45, 2.75) is 6.92 Å². The number of urea groups is 1. The van der Waals surface area contributed by atoms with Gasteiger partial charge in [0, 0.05) is 5.69 Å². The van der Waals surface area contributed by atoms with Gasteiger partial charge in [0.2, 0.25) is 0 Å². The number of amides is 2. The number of hydrogen-bond acceptors (Lipinski definition) is 1. The minimum Gasteiger partial charge on any atom is -0.351 e. The zero-order valence-corrected chi connectivity index (χ0v) is 7.50. The first-order chi connectivity index (χ1) is 6.13. The molecule has 0 aromatic heterocycles. The van der Waals surface area contributed by atoms with E-state index >= 15 is 0 Å². The van der Waals surface area contributed by atoms with E-state index in [1.807, 2.05) is 19.1 Å². The van der Waals surface area contributed by atoms with Crippen molar-refractivity contribution in [2.24, 2.45) is 5.73 Å². The van der Waals surface area contributed by atoms with Crippen molar-refractivity contribution in [3.05, 3.63) is 35.9 Å². The molecule has 0 fully saturated rings. The van der Waals surface area contributed by atoms with Crippen molar-refractivity contribution in [3.63, 3.8) is 0 Å². The topological polar surface area (TPSA) is 55.1 Å². The minimum atomic E-state index is -0.547. The van der Waals surface area contributed by atoms with Crippen LogP contribution in [-0.4, -0.2) is 6.03 Å². The Bertz CT molecular complexity index is 345. The molecular formula is C10H12N2O. The van der Waals surface area contributed by atoms with Crippen LogP contribution >= 0.6 is 0 Å². The molecule has 0 aliphatic heterocycles. The average molecular weight is 176 g/mol. The number of nitrogens with one attached hydrogen (secondary N) is 1. The average Bonchev–Trinajstić information content (AvgIpc) is 2.08. The predicted octanol–water partition coefficient (Wildman–Crippen LogP) is 2.13. The maximum atomic E-state index is 10.6. The molecule has 0 saturated heterocycles. The largest absolute Gasteiger partial charge is 0.351 e. The Morgan fingerprint density at radius 1 is 1.62 bits per heavy atom. The molecule has 3 heteroatoms. The zero-order chi connectivity index (χ0) is 9.84. The summed E-state index contributed by atoms with van der Waals surface area (Å²) in [4.78, 5) is 10.6. The van der Waals surface area contributed by atoms with E-state index in [0.717, 1.165) is 16.8 Å². The highest BCUT2D eigenvalue weighted by Gasteiger charge is 1.99. The Labute approximate surface area is 77.3 Å². The number of rotatable bonds is 2. The SMILES string of the molecule is C=Cc1ccc(NC(N)=O)c(C)c1. The standard InChI is InChI=1S/C10H12N2O/c1-3-8-4-5-9(7(2)6-8)12-10(11)13/h3-6H,1H2,2H3,(H3,11,12,13). The third-order valence-corrected chi connectivity index (χ3v) is 1.74. The van der Waals surface area contributed by atoms with Crippen LogP contribution in [-0.2, 0) is 0 Å². The highest BCUT2D eigenvalue weighted by atomic mass is 16.2. The summed E-state index contributed by atoms with van der Waals surface area (Å²) in [6.45, 7) is 5.55. The first-order valence-corrected chi connectivity index (χ1v) is 3.93. The number of hydrogen-bond donors (Lipinski definition) is 2. The van der Waals surface area contributed by atoms with Gasteiger partial charge >= 0.3 is 6.03 Å². The number of carbonyl (C=O) groups excluding carboxylic acids is 1. The summed E-state index contributed by atoms with van der Waals surface area (Å²) >= 11 is 0. The van der Waals surface area contributed by atoms with Gasteiger partial charge in [0.25, 0.3) is 0 Å². The molecular weight excluding hydrogens is 164 g/mol. The van der Waals surface area contributed by atoms with E-state index in [0.29, 0.717) is 0 Å². The molecule has 0 heterocycles. The normalized spacial score (nSPS) is 9.31. The zero-order valence-electron chi connectivity index (χ0n) is 7.50. The highest BCUT2D eigenvalue weighted by molar-refractivity contribution is 5.88. The van der Waals surface area contributed by atoms with E-state index in [2.05, 4.69) is 11.9 Å². The van der Waals surface area contributed by atoms with Crippen LogP contribution in [0, 0.1) is 6.92 Å². The molecule has 13 heavy (non-hydrogen) atoms. The second-order valence-electron chi connectivity index (χ2n) is 2.77. The first-order valence-electron chi connectivity index (χ1n) is 3.93. The lowest BCUT2D eigenvalue weighted by Gasteiger charge is -2.06. The van der Waals surface area contributed by atoms with Gasteiger partial charge in [-0.1, -0.05) is 18.7 Å². The smallest absolute Gasteiger partial charge is 0.316 e. The second kappa shape index (κ2) is 3.76. The lowest BCUT2D eigenvalue weighted by atomic mass is 10.1. The molecule has 0 atom stereocenters. The van der Waals surface area contributed by atoms with Crippen LogP contribution in [0.4, 0.5) is 10.5 Å². The van der Waals surface area contributed by atoms with Crippen molar-refractivity contribution in [1.82, 2.24) is 0 Å². The molecule has 0 bridgehead atoms. The van der Waals surface area contributed by atoms with Gasteiger partial charge in [0.05, 0.1) is 0 Å². The number of anilines is 1. The van der Waals surface area contributed by atoms with E-state index in [9.17, 15) is 4.79 Å². The molecule has 0 aliphatic carbocycles. The lowest BCUT2D eigenvalue weighted by molar-refractivity contribution is 0.259. The van der Waals surface area contributed by atoms with E-state index < -0.39 is 6.03 Å². The Kier molecular flexibility index (Phi) is 2.69. The molecule has 2 amide bonds. The fraction of sp³-hybridized carbons (Fsp3) is 0.100. The Morgan fingerprint density at radius 3 is 2.77 bits per heavy atom. The lowest BCUT2D eigenvalue weighted by Crippen LogP contribution is -2.19. The number of primary amides is 1. The van der Waals surface area contributed by atoms with Crippen molar-refractivity contribution < 1.29 is 4.79 Å². The Morgan fingerprint density at radius 2 is 2.31 bits per heavy atom. The van der Waals surface area contributed by atoms with Crippen LogP contribution < -0.4 is 11.1 Å². The van der Waals surface area contributed by atoms with Crippen molar-refractivity contribution in [1.29, 1.82) is 0 Å². The molecule has 0 radical (unpaired) electrons. The van der Waals surface area contributed by atoms with Crippen molar-refractivity contribution in [3.8, 4) is 0 Å². The van der Waals surface area contributed by atoms with E-state index in [1.165, 1.54) is 0 Å². The number of carbonyl (C=O) groups is 1.